The highest BCUT2D eigenvalue weighted by Gasteiger charge is 2.39. The number of hydrogen-bond donors (Lipinski definition) is 1. The molecule has 0 unspecified atom stereocenters. The third kappa shape index (κ3) is 2.62. The van der Waals surface area contributed by atoms with Gasteiger partial charge in [-0.3, -0.25) is 10.1 Å². The van der Waals surface area contributed by atoms with Gasteiger partial charge in [-0.15, -0.1) is 0 Å². The Kier molecular flexibility index (Phi) is 3.36. The van der Waals surface area contributed by atoms with E-state index in [0.29, 0.717) is 18.8 Å². The number of anilines is 1. The van der Waals surface area contributed by atoms with Gasteiger partial charge in [0, 0.05) is 31.9 Å². The van der Waals surface area contributed by atoms with Crippen molar-refractivity contribution in [2.75, 3.05) is 25.0 Å². The molecule has 1 fully saturated rings. The van der Waals surface area contributed by atoms with Crippen LogP contribution in [0.5, 0.6) is 0 Å². The highest BCUT2D eigenvalue weighted by molar-refractivity contribution is 5.57. The number of nitrogens with one attached hydrogen (secondary N) is 1. The summed E-state index contributed by atoms with van der Waals surface area (Å²) >= 11 is 0. The molecule has 1 aliphatic heterocycles. The molecular formula is C11H12F3N3O2. The Bertz CT molecular complexity index is 500. The minimum atomic E-state index is -4.74. The lowest BCUT2D eigenvalue weighted by Crippen LogP contribution is -2.56. The summed E-state index contributed by atoms with van der Waals surface area (Å²) in [6.07, 6.45) is -4.74. The lowest BCUT2D eigenvalue weighted by Gasteiger charge is -2.37. The van der Waals surface area contributed by atoms with Crippen LogP contribution in [0.15, 0.2) is 18.2 Å². The van der Waals surface area contributed by atoms with E-state index in [1.807, 2.05) is 0 Å². The number of nitrogens with zero attached hydrogens (tertiary/aromatic N) is 2. The Hall–Kier alpha value is -1.83. The number of benzene rings is 1. The van der Waals surface area contributed by atoms with Crippen molar-refractivity contribution in [1.29, 1.82) is 0 Å². The summed E-state index contributed by atoms with van der Waals surface area (Å²) in [4.78, 5) is 11.3. The van der Waals surface area contributed by atoms with E-state index in [0.717, 1.165) is 12.1 Å². The molecule has 1 aromatic carbocycles. The summed E-state index contributed by atoms with van der Waals surface area (Å²) < 4.78 is 38.4. The molecule has 0 radical (unpaired) electrons. The molecule has 0 amide bonds. The molecule has 1 saturated heterocycles. The van der Waals surface area contributed by atoms with Crippen LogP contribution in [0, 0.1) is 10.1 Å². The number of nitro groups is 1. The van der Waals surface area contributed by atoms with Crippen molar-refractivity contribution < 1.29 is 18.1 Å². The molecule has 5 nitrogen and oxygen atoms in total. The van der Waals surface area contributed by atoms with Crippen LogP contribution in [0.1, 0.15) is 5.56 Å². The molecule has 1 aromatic rings. The zero-order valence-electron chi connectivity index (χ0n) is 10.1. The third-order valence-corrected chi connectivity index (χ3v) is 3.20. The maximum atomic E-state index is 12.8. The van der Waals surface area contributed by atoms with Gasteiger partial charge in [0.25, 0.3) is 5.69 Å². The van der Waals surface area contributed by atoms with Crippen molar-refractivity contribution >= 4 is 11.4 Å². The van der Waals surface area contributed by atoms with Crippen LogP contribution in [-0.2, 0) is 6.18 Å². The molecule has 0 saturated carbocycles. The Morgan fingerprint density at radius 3 is 2.47 bits per heavy atom. The standard InChI is InChI=1S/C11H12F3N3O2/c1-16(8-5-15-6-8)7-2-3-10(17(18)19)9(4-7)11(12,13)14/h2-4,8,15H,5-6H2,1H3. The second-order valence-electron chi connectivity index (χ2n) is 4.38. The molecule has 8 heteroatoms. The van der Waals surface area contributed by atoms with E-state index in [1.165, 1.54) is 6.07 Å². The summed E-state index contributed by atoms with van der Waals surface area (Å²) in [5.41, 5.74) is -1.81. The van der Waals surface area contributed by atoms with Crippen molar-refractivity contribution in [2.24, 2.45) is 0 Å². The third-order valence-electron chi connectivity index (χ3n) is 3.20. The molecule has 0 spiro atoms. The number of hydrogen-bond acceptors (Lipinski definition) is 4. The summed E-state index contributed by atoms with van der Waals surface area (Å²) in [6, 6.07) is 3.19. The largest absolute Gasteiger partial charge is 0.423 e. The van der Waals surface area contributed by atoms with Crippen molar-refractivity contribution in [1.82, 2.24) is 5.32 Å². The van der Waals surface area contributed by atoms with Gasteiger partial charge >= 0.3 is 6.18 Å². The van der Waals surface area contributed by atoms with E-state index >= 15 is 0 Å². The van der Waals surface area contributed by atoms with Crippen LogP contribution in [0.25, 0.3) is 0 Å². The molecule has 1 N–H and O–H groups in total. The molecule has 2 rings (SSSR count). The summed E-state index contributed by atoms with van der Waals surface area (Å²) in [7, 11) is 1.67. The second-order valence-corrected chi connectivity index (χ2v) is 4.38. The minimum absolute atomic E-state index is 0.113. The smallest absolute Gasteiger partial charge is 0.369 e. The quantitative estimate of drug-likeness (QED) is 0.677. The van der Waals surface area contributed by atoms with Crippen molar-refractivity contribution in [2.45, 2.75) is 12.2 Å². The zero-order chi connectivity index (χ0) is 14.2. The zero-order valence-corrected chi connectivity index (χ0v) is 10.1. The van der Waals surface area contributed by atoms with Crippen molar-refractivity contribution in [3.8, 4) is 0 Å². The highest BCUT2D eigenvalue weighted by Crippen LogP contribution is 2.38. The number of nitro benzene ring substituents is 1. The first-order valence-electron chi connectivity index (χ1n) is 5.60. The van der Waals surface area contributed by atoms with Crippen LogP contribution < -0.4 is 10.2 Å². The van der Waals surface area contributed by atoms with Crippen LogP contribution >= 0.6 is 0 Å². The molecule has 0 atom stereocenters. The average molecular weight is 275 g/mol. The van der Waals surface area contributed by atoms with Gasteiger partial charge in [-0.2, -0.15) is 13.2 Å². The second kappa shape index (κ2) is 4.69. The molecule has 1 aliphatic rings. The van der Waals surface area contributed by atoms with E-state index in [-0.39, 0.29) is 6.04 Å². The number of alkyl halides is 3. The van der Waals surface area contributed by atoms with E-state index in [9.17, 15) is 23.3 Å². The van der Waals surface area contributed by atoms with Gasteiger partial charge in [0.05, 0.1) is 11.0 Å². The molecule has 19 heavy (non-hydrogen) atoms. The Balaban J connectivity index is 2.40. The Morgan fingerprint density at radius 1 is 1.42 bits per heavy atom. The SMILES string of the molecule is CN(c1ccc([N+](=O)[O-])c(C(F)(F)F)c1)C1CNC1. The van der Waals surface area contributed by atoms with E-state index in [2.05, 4.69) is 5.32 Å². The topological polar surface area (TPSA) is 58.4 Å². The molecule has 0 bridgehead atoms. The summed E-state index contributed by atoms with van der Waals surface area (Å²) in [5.74, 6) is 0. The van der Waals surface area contributed by atoms with Gasteiger partial charge in [0.2, 0.25) is 0 Å². The number of rotatable bonds is 3. The van der Waals surface area contributed by atoms with Crippen molar-refractivity contribution in [3.63, 3.8) is 0 Å². The predicted octanol–water partition coefficient (Wildman–Crippen LogP) is 2.02. The number of likely N-dealkylation sites (N-methyl/N-ethyl adjacent to an activating group) is 1. The van der Waals surface area contributed by atoms with Gasteiger partial charge in [-0.1, -0.05) is 0 Å². The maximum absolute atomic E-state index is 12.8. The van der Waals surface area contributed by atoms with Crippen LogP contribution in [0.2, 0.25) is 0 Å². The normalized spacial score (nSPS) is 16.0. The fraction of sp³-hybridized carbons (Fsp3) is 0.455. The van der Waals surface area contributed by atoms with Gasteiger partial charge in [0.15, 0.2) is 0 Å². The van der Waals surface area contributed by atoms with E-state index in [1.54, 1.807) is 11.9 Å². The van der Waals surface area contributed by atoms with Gasteiger partial charge in [-0.25, -0.2) is 0 Å². The molecular weight excluding hydrogens is 263 g/mol. The fourth-order valence-electron chi connectivity index (χ4n) is 1.89. The number of halogens is 3. The van der Waals surface area contributed by atoms with E-state index < -0.39 is 22.4 Å². The van der Waals surface area contributed by atoms with Gasteiger partial charge in [0.1, 0.15) is 5.56 Å². The lowest BCUT2D eigenvalue weighted by atomic mass is 10.1. The summed E-state index contributed by atoms with van der Waals surface area (Å²) in [5, 5.41) is 13.6. The average Bonchev–Trinajstić information content (AvgIpc) is 2.24. The summed E-state index contributed by atoms with van der Waals surface area (Å²) in [6.45, 7) is 1.38. The lowest BCUT2D eigenvalue weighted by molar-refractivity contribution is -0.388. The molecule has 104 valence electrons. The van der Waals surface area contributed by atoms with Crippen molar-refractivity contribution in [3.05, 3.63) is 33.9 Å². The van der Waals surface area contributed by atoms with Crippen LogP contribution in [0.4, 0.5) is 24.5 Å². The first kappa shape index (κ1) is 13.6. The predicted molar refractivity (Wildman–Crippen MR) is 63.2 cm³/mol. The van der Waals surface area contributed by atoms with Gasteiger partial charge in [-0.05, 0) is 12.1 Å². The first-order valence-corrected chi connectivity index (χ1v) is 5.60. The molecule has 0 aliphatic carbocycles. The highest BCUT2D eigenvalue weighted by atomic mass is 19.4. The monoisotopic (exact) mass is 275 g/mol. The Labute approximate surface area is 107 Å². The fourth-order valence-corrected chi connectivity index (χ4v) is 1.89. The first-order chi connectivity index (χ1) is 8.80. The van der Waals surface area contributed by atoms with E-state index in [4.69, 9.17) is 0 Å². The Morgan fingerprint density at radius 2 is 2.05 bits per heavy atom. The van der Waals surface area contributed by atoms with Gasteiger partial charge < -0.3 is 10.2 Å². The molecule has 0 aromatic heterocycles. The van der Waals surface area contributed by atoms with Crippen LogP contribution in [0.3, 0.4) is 0 Å². The minimum Gasteiger partial charge on any atom is -0.369 e. The van der Waals surface area contributed by atoms with Crippen LogP contribution in [-0.4, -0.2) is 31.1 Å². The maximum Gasteiger partial charge on any atom is 0.423 e. The molecule has 1 heterocycles.